The van der Waals surface area contributed by atoms with Gasteiger partial charge >= 0.3 is 5.97 Å². The molecule has 0 heterocycles. The first kappa shape index (κ1) is 9.71. The molecule has 1 rings (SSSR count). The van der Waals surface area contributed by atoms with Gasteiger partial charge in [0.15, 0.2) is 5.78 Å². The predicted octanol–water partition coefficient (Wildman–Crippen LogP) is 1.59. The van der Waals surface area contributed by atoms with Gasteiger partial charge in [0, 0.05) is 0 Å². The maximum absolute atomic E-state index is 11.5. The third kappa shape index (κ3) is 1.40. The van der Waals surface area contributed by atoms with Crippen molar-refractivity contribution in [2.24, 2.45) is 5.41 Å². The highest BCUT2D eigenvalue weighted by Gasteiger charge is 2.45. The average molecular weight is 235 g/mol. The lowest BCUT2D eigenvalue weighted by molar-refractivity contribution is -0.155. The van der Waals surface area contributed by atoms with Gasteiger partial charge in [0.05, 0.1) is 4.83 Å². The SMILES string of the molecule is CC1(C(=O)O)CCCC(Br)C1=O. The molecule has 0 aliphatic heterocycles. The van der Waals surface area contributed by atoms with Crippen molar-refractivity contribution >= 4 is 27.7 Å². The van der Waals surface area contributed by atoms with Crippen LogP contribution >= 0.6 is 15.9 Å². The molecule has 3 nitrogen and oxygen atoms in total. The van der Waals surface area contributed by atoms with Gasteiger partial charge in [0.25, 0.3) is 0 Å². The molecule has 0 amide bonds. The summed E-state index contributed by atoms with van der Waals surface area (Å²) >= 11 is 3.18. The first-order valence-electron chi connectivity index (χ1n) is 3.90. The summed E-state index contributed by atoms with van der Waals surface area (Å²) in [6.45, 7) is 1.51. The standard InChI is InChI=1S/C8H11BrO3/c1-8(7(11)12)4-2-3-5(9)6(8)10/h5H,2-4H2,1H3,(H,11,12). The molecular weight excluding hydrogens is 224 g/mol. The van der Waals surface area contributed by atoms with Crippen LogP contribution in [0.15, 0.2) is 0 Å². The Morgan fingerprint density at radius 3 is 2.75 bits per heavy atom. The fraction of sp³-hybridized carbons (Fsp3) is 0.750. The number of aliphatic carboxylic acids is 1. The van der Waals surface area contributed by atoms with Crippen molar-refractivity contribution in [2.75, 3.05) is 0 Å². The number of hydrogen-bond donors (Lipinski definition) is 1. The van der Waals surface area contributed by atoms with E-state index in [1.807, 2.05) is 0 Å². The normalized spacial score (nSPS) is 36.5. The van der Waals surface area contributed by atoms with Gasteiger partial charge in [-0.05, 0) is 19.8 Å². The molecule has 0 aromatic heterocycles. The summed E-state index contributed by atoms with van der Waals surface area (Å²) in [5, 5.41) is 8.84. The van der Waals surface area contributed by atoms with Crippen LogP contribution in [0.4, 0.5) is 0 Å². The van der Waals surface area contributed by atoms with E-state index in [1.165, 1.54) is 6.92 Å². The smallest absolute Gasteiger partial charge is 0.316 e. The maximum atomic E-state index is 11.5. The zero-order chi connectivity index (χ0) is 9.35. The number of carbonyl (C=O) groups excluding carboxylic acids is 1. The highest BCUT2D eigenvalue weighted by Crippen LogP contribution is 2.35. The van der Waals surface area contributed by atoms with Crippen LogP contribution in [0.1, 0.15) is 26.2 Å². The van der Waals surface area contributed by atoms with Crippen molar-refractivity contribution < 1.29 is 14.7 Å². The van der Waals surface area contributed by atoms with Crippen molar-refractivity contribution in [3.63, 3.8) is 0 Å². The van der Waals surface area contributed by atoms with Crippen LogP contribution < -0.4 is 0 Å². The largest absolute Gasteiger partial charge is 0.481 e. The lowest BCUT2D eigenvalue weighted by atomic mass is 9.75. The van der Waals surface area contributed by atoms with Crippen LogP contribution in [0.3, 0.4) is 0 Å². The molecule has 12 heavy (non-hydrogen) atoms. The number of rotatable bonds is 1. The van der Waals surface area contributed by atoms with Crippen LogP contribution in [-0.2, 0) is 9.59 Å². The van der Waals surface area contributed by atoms with E-state index in [1.54, 1.807) is 0 Å². The molecule has 2 atom stereocenters. The fourth-order valence-corrected chi connectivity index (χ4v) is 2.28. The summed E-state index contributed by atoms with van der Waals surface area (Å²) in [6, 6.07) is 0. The lowest BCUT2D eigenvalue weighted by Crippen LogP contribution is -2.43. The highest BCUT2D eigenvalue weighted by atomic mass is 79.9. The van der Waals surface area contributed by atoms with Crippen molar-refractivity contribution in [3.8, 4) is 0 Å². The molecule has 1 aliphatic carbocycles. The van der Waals surface area contributed by atoms with E-state index in [4.69, 9.17) is 5.11 Å². The monoisotopic (exact) mass is 234 g/mol. The number of alkyl halides is 1. The molecular formula is C8H11BrO3. The molecule has 0 aromatic rings. The van der Waals surface area contributed by atoms with E-state index in [-0.39, 0.29) is 10.6 Å². The molecule has 1 fully saturated rings. The highest BCUT2D eigenvalue weighted by molar-refractivity contribution is 9.10. The Kier molecular flexibility index (Phi) is 2.56. The second kappa shape index (κ2) is 3.17. The first-order valence-corrected chi connectivity index (χ1v) is 4.82. The molecule has 0 bridgehead atoms. The number of carboxylic acid groups (broad SMARTS) is 1. The summed E-state index contributed by atoms with van der Waals surface area (Å²) in [4.78, 5) is 22.0. The summed E-state index contributed by atoms with van der Waals surface area (Å²) in [5.41, 5.74) is -1.16. The summed E-state index contributed by atoms with van der Waals surface area (Å²) in [7, 11) is 0. The van der Waals surface area contributed by atoms with Crippen LogP contribution in [-0.4, -0.2) is 21.7 Å². The summed E-state index contributed by atoms with van der Waals surface area (Å²) in [5.74, 6) is -1.20. The molecule has 0 spiro atoms. The second-order valence-corrected chi connectivity index (χ2v) is 4.47. The Labute approximate surface area is 79.3 Å². The van der Waals surface area contributed by atoms with Crippen LogP contribution in [0.2, 0.25) is 0 Å². The summed E-state index contributed by atoms with van der Waals surface area (Å²) in [6.07, 6.45) is 2.01. The molecule has 68 valence electrons. The van der Waals surface area contributed by atoms with Gasteiger partial charge in [0.1, 0.15) is 5.41 Å². The van der Waals surface area contributed by atoms with Crippen LogP contribution in [0, 0.1) is 5.41 Å². The lowest BCUT2D eigenvalue weighted by Gasteiger charge is -2.30. The van der Waals surface area contributed by atoms with E-state index >= 15 is 0 Å². The van der Waals surface area contributed by atoms with Gasteiger partial charge in [-0.25, -0.2) is 0 Å². The predicted molar refractivity (Wildman–Crippen MR) is 47.3 cm³/mol. The zero-order valence-corrected chi connectivity index (χ0v) is 8.43. The van der Waals surface area contributed by atoms with Gasteiger partial charge in [-0.15, -0.1) is 0 Å². The third-order valence-electron chi connectivity index (χ3n) is 2.43. The number of Topliss-reactive ketones (excluding diaryl/α,β-unsaturated/α-hetero) is 1. The quantitative estimate of drug-likeness (QED) is 0.554. The fourth-order valence-electron chi connectivity index (χ4n) is 1.45. The molecule has 4 heteroatoms. The minimum atomic E-state index is -1.16. The Hall–Kier alpha value is -0.380. The van der Waals surface area contributed by atoms with E-state index in [0.717, 1.165) is 12.8 Å². The molecule has 1 aliphatic rings. The molecule has 0 radical (unpaired) electrons. The second-order valence-electron chi connectivity index (χ2n) is 3.36. The van der Waals surface area contributed by atoms with Crippen molar-refractivity contribution in [2.45, 2.75) is 31.0 Å². The number of carboxylic acids is 1. The Balaban J connectivity index is 2.89. The van der Waals surface area contributed by atoms with Gasteiger partial charge in [0.2, 0.25) is 0 Å². The Morgan fingerprint density at radius 1 is 1.75 bits per heavy atom. The first-order chi connectivity index (χ1) is 5.48. The number of hydrogen-bond acceptors (Lipinski definition) is 2. The average Bonchev–Trinajstić information content (AvgIpc) is 2.00. The van der Waals surface area contributed by atoms with E-state index in [0.29, 0.717) is 6.42 Å². The van der Waals surface area contributed by atoms with Gasteiger partial charge in [-0.2, -0.15) is 0 Å². The third-order valence-corrected chi connectivity index (χ3v) is 3.31. The van der Waals surface area contributed by atoms with Gasteiger partial charge in [-0.1, -0.05) is 22.4 Å². The number of carbonyl (C=O) groups is 2. The van der Waals surface area contributed by atoms with E-state index in [9.17, 15) is 9.59 Å². The van der Waals surface area contributed by atoms with Crippen molar-refractivity contribution in [3.05, 3.63) is 0 Å². The topological polar surface area (TPSA) is 54.4 Å². The molecule has 0 saturated heterocycles. The maximum Gasteiger partial charge on any atom is 0.316 e. The molecule has 2 unspecified atom stereocenters. The number of ketones is 1. The minimum absolute atomic E-state index is 0.193. The Morgan fingerprint density at radius 2 is 2.33 bits per heavy atom. The number of halogens is 1. The molecule has 1 saturated carbocycles. The zero-order valence-electron chi connectivity index (χ0n) is 6.84. The van der Waals surface area contributed by atoms with E-state index in [2.05, 4.69) is 15.9 Å². The molecule has 1 N–H and O–H groups in total. The van der Waals surface area contributed by atoms with Crippen LogP contribution in [0.25, 0.3) is 0 Å². The van der Waals surface area contributed by atoms with E-state index < -0.39 is 11.4 Å². The molecule has 0 aromatic carbocycles. The van der Waals surface area contributed by atoms with Gasteiger partial charge in [-0.3, -0.25) is 9.59 Å². The van der Waals surface area contributed by atoms with Crippen molar-refractivity contribution in [1.82, 2.24) is 0 Å². The minimum Gasteiger partial charge on any atom is -0.481 e. The Bertz CT molecular complexity index is 226. The van der Waals surface area contributed by atoms with Gasteiger partial charge < -0.3 is 5.11 Å². The van der Waals surface area contributed by atoms with Crippen molar-refractivity contribution in [1.29, 1.82) is 0 Å². The summed E-state index contributed by atoms with van der Waals surface area (Å²) < 4.78 is 0. The van der Waals surface area contributed by atoms with Crippen LogP contribution in [0.5, 0.6) is 0 Å².